The molecule has 0 saturated heterocycles. The minimum atomic E-state index is -0.706. The molecule has 4 rings (SSSR count). The van der Waals surface area contributed by atoms with Gasteiger partial charge in [-0.25, -0.2) is 0 Å². The van der Waals surface area contributed by atoms with Crippen LogP contribution in [-0.2, 0) is 16.0 Å². The average Bonchev–Trinajstić information content (AvgIpc) is 3.42. The molecule has 36 heavy (non-hydrogen) atoms. The number of amides is 2. The number of anilines is 2. The zero-order chi connectivity index (χ0) is 25.5. The van der Waals surface area contributed by atoms with Crippen molar-refractivity contribution in [1.29, 1.82) is 5.26 Å². The topological polar surface area (TPSA) is 107 Å². The first-order chi connectivity index (χ1) is 17.5. The Morgan fingerprint density at radius 2 is 1.75 bits per heavy atom. The van der Waals surface area contributed by atoms with Crippen LogP contribution in [0.1, 0.15) is 31.1 Å². The predicted octanol–water partition coefficient (Wildman–Crippen LogP) is 5.55. The van der Waals surface area contributed by atoms with Gasteiger partial charge in [0, 0.05) is 17.1 Å². The van der Waals surface area contributed by atoms with Crippen molar-refractivity contribution in [3.8, 4) is 6.07 Å². The van der Waals surface area contributed by atoms with Crippen LogP contribution < -0.4 is 16.0 Å². The molecule has 1 aliphatic rings. The Bertz CT molecular complexity index is 1340. The fourth-order valence-electron chi connectivity index (χ4n) is 3.95. The van der Waals surface area contributed by atoms with E-state index in [0.717, 1.165) is 6.42 Å². The van der Waals surface area contributed by atoms with Crippen LogP contribution in [0.4, 0.5) is 11.4 Å². The highest BCUT2D eigenvalue weighted by molar-refractivity contribution is 8.03. The van der Waals surface area contributed by atoms with Gasteiger partial charge in [-0.1, -0.05) is 49.0 Å². The summed E-state index contributed by atoms with van der Waals surface area (Å²) < 4.78 is 5.64. The first-order valence-corrected chi connectivity index (χ1v) is 12.5. The third-order valence-electron chi connectivity index (χ3n) is 5.74. The minimum Gasteiger partial charge on any atom is -0.468 e. The molecule has 1 aromatic heterocycles. The maximum atomic E-state index is 13.3. The van der Waals surface area contributed by atoms with Crippen LogP contribution in [0.5, 0.6) is 0 Å². The number of thioether (sulfide) groups is 1. The van der Waals surface area contributed by atoms with Crippen molar-refractivity contribution in [2.24, 2.45) is 0 Å². The largest absolute Gasteiger partial charge is 0.468 e. The normalized spacial score (nSPS) is 15.2. The van der Waals surface area contributed by atoms with Crippen molar-refractivity contribution in [3.63, 3.8) is 0 Å². The maximum absolute atomic E-state index is 13.3. The highest BCUT2D eigenvalue weighted by Gasteiger charge is 2.36. The molecule has 0 aliphatic carbocycles. The van der Waals surface area contributed by atoms with Crippen molar-refractivity contribution in [3.05, 3.63) is 106 Å². The molecular weight excluding hydrogens is 472 g/mol. The second kappa shape index (κ2) is 11.5. The average molecular weight is 499 g/mol. The van der Waals surface area contributed by atoms with E-state index in [-0.39, 0.29) is 17.6 Å². The predicted molar refractivity (Wildman–Crippen MR) is 142 cm³/mol. The number of para-hydroxylation sites is 1. The van der Waals surface area contributed by atoms with Gasteiger partial charge in [0.1, 0.15) is 5.76 Å². The summed E-state index contributed by atoms with van der Waals surface area (Å²) in [7, 11) is 0. The number of dihydropyridines is 1. The number of hydrogen-bond donors (Lipinski definition) is 3. The van der Waals surface area contributed by atoms with E-state index >= 15 is 0 Å². The second-order valence-electron chi connectivity index (χ2n) is 8.17. The molecule has 3 N–H and O–H groups in total. The van der Waals surface area contributed by atoms with E-state index in [1.165, 1.54) is 23.6 Å². The molecule has 0 saturated carbocycles. The van der Waals surface area contributed by atoms with Crippen LogP contribution in [-0.4, -0.2) is 17.6 Å². The van der Waals surface area contributed by atoms with Gasteiger partial charge in [-0.2, -0.15) is 5.26 Å². The summed E-state index contributed by atoms with van der Waals surface area (Å²) in [5, 5.41) is 19.6. The number of aryl methyl sites for hydroxylation is 1. The Morgan fingerprint density at radius 1 is 1.03 bits per heavy atom. The quantitative estimate of drug-likeness (QED) is 0.376. The monoisotopic (exact) mass is 498 g/mol. The summed E-state index contributed by atoms with van der Waals surface area (Å²) in [5.74, 6) is -0.671. The van der Waals surface area contributed by atoms with Gasteiger partial charge < -0.3 is 20.4 Å². The van der Waals surface area contributed by atoms with Gasteiger partial charge in [-0.15, -0.1) is 0 Å². The van der Waals surface area contributed by atoms with Gasteiger partial charge in [0.15, 0.2) is 0 Å². The lowest BCUT2D eigenvalue weighted by Crippen LogP contribution is -2.31. The number of rotatable bonds is 8. The maximum Gasteiger partial charge on any atom is 0.254 e. The molecule has 182 valence electrons. The van der Waals surface area contributed by atoms with E-state index in [9.17, 15) is 14.9 Å². The van der Waals surface area contributed by atoms with Gasteiger partial charge in [0.25, 0.3) is 5.91 Å². The Hall–Kier alpha value is -4.22. The van der Waals surface area contributed by atoms with Crippen LogP contribution >= 0.6 is 11.8 Å². The molecule has 0 bridgehead atoms. The molecule has 8 heteroatoms. The standard InChI is InChI=1S/C28H26N4O3S/c1-3-19-11-13-21(14-12-19)31-24(33)17-36-28-22(16-29)26(23-10-7-15-35-23)25(18(2)30-28)27(34)32-20-8-5-4-6-9-20/h4-15,26,30H,3,17H2,1-2H3,(H,31,33)(H,32,34)/t26-/m1/s1. The number of furan rings is 1. The Balaban J connectivity index is 1.55. The molecule has 1 aliphatic heterocycles. The number of allylic oxidation sites excluding steroid dienone is 2. The summed E-state index contributed by atoms with van der Waals surface area (Å²) >= 11 is 1.21. The number of carbonyl (C=O) groups is 2. The summed E-state index contributed by atoms with van der Waals surface area (Å²) in [4.78, 5) is 25.9. The van der Waals surface area contributed by atoms with Crippen molar-refractivity contribution in [1.82, 2.24) is 5.32 Å². The first-order valence-electron chi connectivity index (χ1n) is 11.5. The van der Waals surface area contributed by atoms with E-state index in [0.29, 0.717) is 39.0 Å². The molecule has 2 aromatic carbocycles. The van der Waals surface area contributed by atoms with Crippen LogP contribution in [0.3, 0.4) is 0 Å². The lowest BCUT2D eigenvalue weighted by molar-refractivity contribution is -0.114. The summed E-state index contributed by atoms with van der Waals surface area (Å²) in [6, 6.07) is 22.5. The number of nitrogens with one attached hydrogen (secondary N) is 3. The number of nitrogens with zero attached hydrogens (tertiary/aromatic N) is 1. The molecule has 3 aromatic rings. The molecule has 1 atom stereocenters. The van der Waals surface area contributed by atoms with Crippen LogP contribution in [0.25, 0.3) is 0 Å². The third-order valence-corrected chi connectivity index (χ3v) is 6.76. The zero-order valence-electron chi connectivity index (χ0n) is 20.0. The van der Waals surface area contributed by atoms with Crippen molar-refractivity contribution < 1.29 is 14.0 Å². The van der Waals surface area contributed by atoms with E-state index in [2.05, 4.69) is 28.9 Å². The van der Waals surface area contributed by atoms with Gasteiger partial charge in [0.2, 0.25) is 5.91 Å². The van der Waals surface area contributed by atoms with Gasteiger partial charge in [0.05, 0.1) is 40.2 Å². The van der Waals surface area contributed by atoms with Crippen molar-refractivity contribution in [2.75, 3.05) is 16.4 Å². The number of hydrogen-bond acceptors (Lipinski definition) is 6. The van der Waals surface area contributed by atoms with Crippen LogP contribution in [0.2, 0.25) is 0 Å². The summed E-state index contributed by atoms with van der Waals surface area (Å²) in [5.41, 5.74) is 3.84. The lowest BCUT2D eigenvalue weighted by Gasteiger charge is -2.28. The van der Waals surface area contributed by atoms with Crippen LogP contribution in [0, 0.1) is 11.3 Å². The SMILES string of the molecule is CCc1ccc(NC(=O)CSC2=C(C#N)[C@H](c3ccco3)C(C(=O)Nc3ccccc3)=C(C)N2)cc1. The fraction of sp³-hybridized carbons (Fsp3) is 0.179. The molecule has 0 unspecified atom stereocenters. The Morgan fingerprint density at radius 3 is 2.39 bits per heavy atom. The molecule has 2 heterocycles. The third kappa shape index (κ3) is 5.70. The summed E-state index contributed by atoms with van der Waals surface area (Å²) in [6.45, 7) is 3.85. The minimum absolute atomic E-state index is 0.0900. The molecule has 0 fully saturated rings. The van der Waals surface area contributed by atoms with E-state index in [1.54, 1.807) is 31.2 Å². The fourth-order valence-corrected chi connectivity index (χ4v) is 4.84. The number of benzene rings is 2. The van der Waals surface area contributed by atoms with Gasteiger partial charge in [-0.05, 0) is 55.3 Å². The highest BCUT2D eigenvalue weighted by atomic mass is 32.2. The molecule has 0 spiro atoms. The van der Waals surface area contributed by atoms with Gasteiger partial charge in [-0.3, -0.25) is 9.59 Å². The number of carbonyl (C=O) groups excluding carboxylic acids is 2. The zero-order valence-corrected chi connectivity index (χ0v) is 20.8. The molecular formula is C28H26N4O3S. The Kier molecular flexibility index (Phi) is 7.93. The molecule has 7 nitrogen and oxygen atoms in total. The Labute approximate surface area is 214 Å². The number of nitriles is 1. The smallest absolute Gasteiger partial charge is 0.254 e. The molecule has 0 radical (unpaired) electrons. The van der Waals surface area contributed by atoms with E-state index < -0.39 is 5.92 Å². The summed E-state index contributed by atoms with van der Waals surface area (Å²) in [6.07, 6.45) is 2.44. The molecule has 2 amide bonds. The van der Waals surface area contributed by atoms with Crippen molar-refractivity contribution >= 4 is 35.0 Å². The van der Waals surface area contributed by atoms with E-state index in [1.807, 2.05) is 42.5 Å². The lowest BCUT2D eigenvalue weighted by atomic mass is 9.85. The highest BCUT2D eigenvalue weighted by Crippen LogP contribution is 2.41. The van der Waals surface area contributed by atoms with Crippen molar-refractivity contribution in [2.45, 2.75) is 26.2 Å². The second-order valence-corrected chi connectivity index (χ2v) is 9.16. The van der Waals surface area contributed by atoms with E-state index in [4.69, 9.17) is 4.42 Å². The van der Waals surface area contributed by atoms with Gasteiger partial charge >= 0.3 is 0 Å². The van der Waals surface area contributed by atoms with Crippen LogP contribution in [0.15, 0.2) is 99.3 Å². The first kappa shape index (κ1) is 24.9.